The van der Waals surface area contributed by atoms with Crippen LogP contribution in [0.1, 0.15) is 162 Å². The third-order valence-corrected chi connectivity index (χ3v) is 9.25. The molecule has 7 heteroatoms. The summed E-state index contributed by atoms with van der Waals surface area (Å²) in [7, 11) is -4.37. The van der Waals surface area contributed by atoms with Crippen molar-refractivity contribution in [3.63, 3.8) is 0 Å². The van der Waals surface area contributed by atoms with E-state index in [1.165, 1.54) is 44.6 Å². The second kappa shape index (κ2) is 38.0. The topological polar surface area (TPSA) is 104 Å². The highest BCUT2D eigenvalue weighted by Crippen LogP contribution is 2.10. The molecule has 3 N–H and O–H groups in total. The highest BCUT2D eigenvalue weighted by Gasteiger charge is 2.24. The average Bonchev–Trinajstić information content (AvgIpc) is 3.11. The normalized spacial score (nSPS) is 14.3. The zero-order chi connectivity index (χ0) is 38.2. The minimum Gasteiger partial charge on any atom is -0.387 e. The molecule has 296 valence electrons. The Morgan fingerprint density at radius 3 is 1.44 bits per heavy atom. The van der Waals surface area contributed by atoms with Gasteiger partial charge in [0.1, 0.15) is 0 Å². The number of aliphatic hydroxyl groups is 1. The van der Waals surface area contributed by atoms with E-state index in [1.54, 1.807) is 6.08 Å². The Kier molecular flexibility index (Phi) is 36.0. The Labute approximate surface area is 319 Å². The first kappa shape index (κ1) is 49.3. The van der Waals surface area contributed by atoms with Gasteiger partial charge in [-0.05, 0) is 89.9 Å². The fourth-order valence-electron chi connectivity index (χ4n) is 5.45. The van der Waals surface area contributed by atoms with Gasteiger partial charge in [-0.25, -0.2) is 0 Å². The number of unbranched alkanes of at least 4 members (excludes halogenated alkanes) is 13. The van der Waals surface area contributed by atoms with E-state index in [2.05, 4.69) is 104 Å². The molecule has 0 fully saturated rings. The zero-order valence-corrected chi connectivity index (χ0v) is 33.7. The van der Waals surface area contributed by atoms with E-state index in [4.69, 9.17) is 0 Å². The van der Waals surface area contributed by atoms with Crippen molar-refractivity contribution in [2.75, 3.05) is 5.75 Å². The molecule has 0 aromatic heterocycles. The lowest BCUT2D eigenvalue weighted by molar-refractivity contribution is -0.122. The van der Waals surface area contributed by atoms with Crippen LogP contribution in [0.15, 0.2) is 97.2 Å². The molecule has 0 aliphatic carbocycles. The first-order chi connectivity index (χ1) is 25.3. The van der Waals surface area contributed by atoms with Crippen molar-refractivity contribution >= 4 is 16.0 Å². The molecule has 0 heterocycles. The molecule has 52 heavy (non-hydrogen) atoms. The molecular formula is C45H75NO5S. The van der Waals surface area contributed by atoms with Gasteiger partial charge in [0.25, 0.3) is 10.1 Å². The van der Waals surface area contributed by atoms with Gasteiger partial charge < -0.3 is 10.4 Å². The summed E-state index contributed by atoms with van der Waals surface area (Å²) < 4.78 is 32.5. The molecule has 0 radical (unpaired) electrons. The highest BCUT2D eigenvalue weighted by atomic mass is 32.2. The lowest BCUT2D eigenvalue weighted by Crippen LogP contribution is -2.46. The van der Waals surface area contributed by atoms with Crippen molar-refractivity contribution < 1.29 is 22.9 Å². The van der Waals surface area contributed by atoms with Gasteiger partial charge in [-0.15, -0.1) is 0 Å². The number of carbonyl (C=O) groups is 1. The molecule has 2 atom stereocenters. The van der Waals surface area contributed by atoms with E-state index in [1.807, 2.05) is 0 Å². The van der Waals surface area contributed by atoms with E-state index in [-0.39, 0.29) is 12.3 Å². The summed E-state index contributed by atoms with van der Waals surface area (Å²) in [5.74, 6) is -1.05. The quantitative estimate of drug-likeness (QED) is 0.0341. The fraction of sp³-hybridized carbons (Fsp3) is 0.622. The van der Waals surface area contributed by atoms with Crippen molar-refractivity contribution in [1.82, 2.24) is 5.32 Å². The molecule has 0 spiro atoms. The van der Waals surface area contributed by atoms with Crippen LogP contribution in [0.2, 0.25) is 0 Å². The summed E-state index contributed by atoms with van der Waals surface area (Å²) in [5, 5.41) is 13.2. The molecule has 0 aromatic carbocycles. The van der Waals surface area contributed by atoms with Crippen LogP contribution >= 0.6 is 0 Å². The number of rotatable bonds is 35. The molecule has 0 bridgehead atoms. The summed E-state index contributed by atoms with van der Waals surface area (Å²) in [6, 6.07) is -1.10. The second-order valence-electron chi connectivity index (χ2n) is 13.5. The summed E-state index contributed by atoms with van der Waals surface area (Å²) in [4.78, 5) is 12.5. The van der Waals surface area contributed by atoms with Gasteiger partial charge in [-0.3, -0.25) is 9.35 Å². The van der Waals surface area contributed by atoms with E-state index < -0.39 is 28.0 Å². The van der Waals surface area contributed by atoms with Crippen LogP contribution in [0.5, 0.6) is 0 Å². The molecule has 0 rings (SSSR count). The molecule has 2 unspecified atom stereocenters. The third-order valence-electron chi connectivity index (χ3n) is 8.47. The van der Waals surface area contributed by atoms with Gasteiger partial charge in [0.2, 0.25) is 5.91 Å². The standard InChI is InChI=1S/C45H75NO5S/c1-3-5-7-9-11-13-15-17-19-21-22-23-24-25-27-29-31-33-35-37-39-41-45(48)46-43(42-52(49,50)51)44(47)40-38-36-34-32-30-28-26-20-18-16-14-12-10-8-6-4-2/h5,7,11,13,17-20,22-23,25,27,30,32,38,40,43-44,47H,3-4,6,8-10,12,14-16,21,24,26,28-29,31,33-37,39,41-42H2,1-2H3,(H,46,48)(H,49,50,51)/b7-5-,13-11-,19-17-,20-18+,23-22-,27-25-,32-30+,40-38+. The van der Waals surface area contributed by atoms with Gasteiger partial charge in [-0.1, -0.05) is 162 Å². The summed E-state index contributed by atoms with van der Waals surface area (Å²) in [6.07, 6.45) is 56.7. The van der Waals surface area contributed by atoms with Gasteiger partial charge in [-0.2, -0.15) is 8.42 Å². The fourth-order valence-corrected chi connectivity index (χ4v) is 6.18. The number of hydrogen-bond acceptors (Lipinski definition) is 4. The Morgan fingerprint density at radius 1 is 0.538 bits per heavy atom. The lowest BCUT2D eigenvalue weighted by atomic mass is 10.1. The molecule has 1 amide bonds. The van der Waals surface area contributed by atoms with Crippen molar-refractivity contribution in [1.29, 1.82) is 0 Å². The van der Waals surface area contributed by atoms with E-state index in [9.17, 15) is 22.9 Å². The predicted octanol–water partition coefficient (Wildman–Crippen LogP) is 12.2. The minimum atomic E-state index is -4.37. The Bertz CT molecular complexity index is 1180. The zero-order valence-electron chi connectivity index (χ0n) is 32.9. The molecule has 6 nitrogen and oxygen atoms in total. The number of aliphatic hydroxyl groups excluding tert-OH is 1. The maximum atomic E-state index is 12.5. The Morgan fingerprint density at radius 2 is 0.942 bits per heavy atom. The largest absolute Gasteiger partial charge is 0.387 e. The molecule has 0 saturated carbocycles. The van der Waals surface area contributed by atoms with E-state index in [0.29, 0.717) is 12.8 Å². The monoisotopic (exact) mass is 742 g/mol. The average molecular weight is 742 g/mol. The van der Waals surface area contributed by atoms with Gasteiger partial charge in [0.05, 0.1) is 17.9 Å². The van der Waals surface area contributed by atoms with Gasteiger partial charge >= 0.3 is 0 Å². The second-order valence-corrected chi connectivity index (χ2v) is 15.0. The maximum Gasteiger partial charge on any atom is 0.267 e. The van der Waals surface area contributed by atoms with Crippen molar-refractivity contribution in [3.8, 4) is 0 Å². The maximum absolute atomic E-state index is 12.5. The summed E-state index contributed by atoms with van der Waals surface area (Å²) in [6.45, 7) is 4.39. The first-order valence-electron chi connectivity index (χ1n) is 20.4. The predicted molar refractivity (Wildman–Crippen MR) is 225 cm³/mol. The molecule has 0 saturated heterocycles. The number of carbonyl (C=O) groups excluding carboxylic acids is 1. The van der Waals surface area contributed by atoms with Crippen LogP contribution in [-0.4, -0.2) is 41.9 Å². The number of hydrogen-bond donors (Lipinski definition) is 3. The van der Waals surface area contributed by atoms with Crippen LogP contribution in [0.3, 0.4) is 0 Å². The first-order valence-corrected chi connectivity index (χ1v) is 22.0. The van der Waals surface area contributed by atoms with Crippen LogP contribution in [0.25, 0.3) is 0 Å². The van der Waals surface area contributed by atoms with E-state index in [0.717, 1.165) is 89.9 Å². The minimum absolute atomic E-state index is 0.256. The van der Waals surface area contributed by atoms with Gasteiger partial charge in [0, 0.05) is 6.42 Å². The summed E-state index contributed by atoms with van der Waals surface area (Å²) in [5.41, 5.74) is 0. The number of nitrogens with one attached hydrogen (secondary N) is 1. The van der Waals surface area contributed by atoms with Gasteiger partial charge in [0.15, 0.2) is 0 Å². The molecule has 0 aliphatic rings. The van der Waals surface area contributed by atoms with Crippen LogP contribution in [0.4, 0.5) is 0 Å². The highest BCUT2D eigenvalue weighted by molar-refractivity contribution is 7.85. The SMILES string of the molecule is CC/C=C\C/C=C\C/C=C\C/C=C\C/C=C\CCCCCCCC(=O)NC(CS(=O)(=O)O)C(O)/C=C/CC/C=C/CC/C=C/CCCCCCCC. The van der Waals surface area contributed by atoms with Crippen LogP contribution < -0.4 is 5.32 Å². The van der Waals surface area contributed by atoms with E-state index >= 15 is 0 Å². The van der Waals surface area contributed by atoms with Crippen molar-refractivity contribution in [3.05, 3.63) is 97.2 Å². The molecule has 0 aromatic rings. The third kappa shape index (κ3) is 38.5. The summed E-state index contributed by atoms with van der Waals surface area (Å²) >= 11 is 0. The van der Waals surface area contributed by atoms with Crippen molar-refractivity contribution in [2.24, 2.45) is 0 Å². The smallest absolute Gasteiger partial charge is 0.267 e. The Balaban J connectivity index is 4.07. The van der Waals surface area contributed by atoms with Crippen molar-refractivity contribution in [2.45, 2.75) is 174 Å². The number of allylic oxidation sites excluding steroid dienone is 15. The van der Waals surface area contributed by atoms with Crippen LogP contribution in [0, 0.1) is 0 Å². The van der Waals surface area contributed by atoms with Crippen LogP contribution in [-0.2, 0) is 14.9 Å². The molecule has 0 aliphatic heterocycles. The lowest BCUT2D eigenvalue weighted by Gasteiger charge is -2.21. The Hall–Kier alpha value is -2.74. The number of amides is 1. The molecular weight excluding hydrogens is 667 g/mol.